The summed E-state index contributed by atoms with van der Waals surface area (Å²) in [5, 5.41) is 0. The average molecular weight is 220 g/mol. The fraction of sp³-hybridized carbons (Fsp3) is 0.333. The zero-order valence-electron chi connectivity index (χ0n) is 8.77. The van der Waals surface area contributed by atoms with Crippen LogP contribution in [-0.2, 0) is 11.2 Å². The van der Waals surface area contributed by atoms with Crippen LogP contribution in [0.15, 0.2) is 12.1 Å². The molecule has 4 nitrogen and oxygen atoms in total. The summed E-state index contributed by atoms with van der Waals surface area (Å²) in [6.07, 6.45) is 2.66. The molecule has 16 heavy (non-hydrogen) atoms. The number of aryl methyl sites for hydroxylation is 1. The Bertz CT molecular complexity index is 412. The summed E-state index contributed by atoms with van der Waals surface area (Å²) in [7, 11) is 0. The van der Waals surface area contributed by atoms with Crippen molar-refractivity contribution in [1.82, 2.24) is 0 Å². The minimum absolute atomic E-state index is 0.441. The van der Waals surface area contributed by atoms with Crippen molar-refractivity contribution in [3.63, 3.8) is 0 Å². The van der Waals surface area contributed by atoms with Crippen LogP contribution in [0.2, 0.25) is 0 Å². The zero-order valence-corrected chi connectivity index (χ0v) is 8.77. The number of hydrogen-bond donors (Lipinski definition) is 0. The number of ether oxygens (including phenoxy) is 2. The van der Waals surface area contributed by atoms with Gasteiger partial charge in [-0.15, -0.1) is 0 Å². The topological polar surface area (TPSA) is 52.6 Å². The molecular formula is C12H12O4. The van der Waals surface area contributed by atoms with Gasteiger partial charge in [-0.3, -0.25) is 4.79 Å². The van der Waals surface area contributed by atoms with Crippen molar-refractivity contribution in [2.75, 3.05) is 13.2 Å². The third-order valence-electron chi connectivity index (χ3n) is 2.46. The lowest BCUT2D eigenvalue weighted by molar-refractivity contribution is -0.107. The lowest BCUT2D eigenvalue weighted by atomic mass is 10.0. The van der Waals surface area contributed by atoms with E-state index in [-0.39, 0.29) is 0 Å². The van der Waals surface area contributed by atoms with Gasteiger partial charge < -0.3 is 14.3 Å². The lowest BCUT2D eigenvalue weighted by Crippen LogP contribution is -2.18. The number of fused-ring (bicyclic) bond motifs is 1. The van der Waals surface area contributed by atoms with Crippen molar-refractivity contribution < 1.29 is 19.1 Å². The Morgan fingerprint density at radius 1 is 1.12 bits per heavy atom. The first kappa shape index (κ1) is 10.7. The molecule has 84 valence electrons. The van der Waals surface area contributed by atoms with Gasteiger partial charge in [-0.05, 0) is 18.1 Å². The molecule has 2 rings (SSSR count). The van der Waals surface area contributed by atoms with Gasteiger partial charge >= 0.3 is 0 Å². The molecule has 0 saturated carbocycles. The highest BCUT2D eigenvalue weighted by Crippen LogP contribution is 2.37. The van der Waals surface area contributed by atoms with Gasteiger partial charge in [-0.25, -0.2) is 0 Å². The number of aldehydes is 2. The summed E-state index contributed by atoms with van der Waals surface area (Å²) < 4.78 is 10.9. The third kappa shape index (κ3) is 1.91. The molecule has 0 spiro atoms. The fourth-order valence-electron chi connectivity index (χ4n) is 1.72. The van der Waals surface area contributed by atoms with Crippen LogP contribution in [-0.4, -0.2) is 25.8 Å². The number of benzene rings is 1. The smallest absolute Gasteiger partial charge is 0.172 e. The molecule has 0 aliphatic carbocycles. The third-order valence-corrected chi connectivity index (χ3v) is 2.46. The van der Waals surface area contributed by atoms with Crippen LogP contribution in [0.4, 0.5) is 0 Å². The van der Waals surface area contributed by atoms with E-state index in [1.54, 1.807) is 12.1 Å². The largest absolute Gasteiger partial charge is 0.486 e. The molecular weight excluding hydrogens is 208 g/mol. The van der Waals surface area contributed by atoms with E-state index in [1.807, 2.05) is 0 Å². The number of hydrogen-bond acceptors (Lipinski definition) is 4. The zero-order chi connectivity index (χ0) is 11.4. The molecule has 0 N–H and O–H groups in total. The van der Waals surface area contributed by atoms with Gasteiger partial charge in [-0.1, -0.05) is 6.07 Å². The minimum Gasteiger partial charge on any atom is -0.486 e. The molecule has 0 bridgehead atoms. The van der Waals surface area contributed by atoms with Crippen molar-refractivity contribution in [1.29, 1.82) is 0 Å². The predicted molar refractivity (Wildman–Crippen MR) is 57.2 cm³/mol. The van der Waals surface area contributed by atoms with Crippen LogP contribution < -0.4 is 9.47 Å². The van der Waals surface area contributed by atoms with E-state index < -0.39 is 0 Å². The first-order valence-electron chi connectivity index (χ1n) is 5.17. The second-order valence-electron chi connectivity index (χ2n) is 3.49. The Morgan fingerprint density at radius 3 is 2.56 bits per heavy atom. The molecule has 1 aromatic carbocycles. The molecule has 4 heteroatoms. The van der Waals surface area contributed by atoms with E-state index in [0.717, 1.165) is 18.1 Å². The molecule has 1 heterocycles. The summed E-state index contributed by atoms with van der Waals surface area (Å²) in [6, 6.07) is 3.50. The first-order valence-corrected chi connectivity index (χ1v) is 5.17. The SMILES string of the molecule is O=CCCc1ccc(C=O)c2c1OCCO2. The van der Waals surface area contributed by atoms with Gasteiger partial charge in [0.1, 0.15) is 19.5 Å². The van der Waals surface area contributed by atoms with Gasteiger partial charge in [0.25, 0.3) is 0 Å². The normalized spacial score (nSPS) is 13.2. The Labute approximate surface area is 93.2 Å². The van der Waals surface area contributed by atoms with Crippen molar-refractivity contribution >= 4 is 12.6 Å². The minimum atomic E-state index is 0.441. The predicted octanol–water partition coefficient (Wildman–Crippen LogP) is 1.40. The standard InChI is InChI=1S/C12H12O4/c13-5-1-2-9-3-4-10(8-14)12-11(9)15-6-7-16-12/h3-5,8H,1-2,6-7H2. The highest BCUT2D eigenvalue weighted by atomic mass is 16.6. The fourth-order valence-corrected chi connectivity index (χ4v) is 1.72. The van der Waals surface area contributed by atoms with Gasteiger partial charge in [0.2, 0.25) is 0 Å². The maximum Gasteiger partial charge on any atom is 0.172 e. The van der Waals surface area contributed by atoms with Gasteiger partial charge in [0.15, 0.2) is 17.8 Å². The van der Waals surface area contributed by atoms with E-state index >= 15 is 0 Å². The van der Waals surface area contributed by atoms with E-state index in [1.165, 1.54) is 0 Å². The van der Waals surface area contributed by atoms with Crippen molar-refractivity contribution in [3.8, 4) is 11.5 Å². The van der Waals surface area contributed by atoms with Crippen molar-refractivity contribution in [2.45, 2.75) is 12.8 Å². The second kappa shape index (κ2) is 4.79. The monoisotopic (exact) mass is 220 g/mol. The van der Waals surface area contributed by atoms with E-state index in [2.05, 4.69) is 0 Å². The molecule has 0 amide bonds. The van der Waals surface area contributed by atoms with Gasteiger partial charge in [0.05, 0.1) is 5.56 Å². The van der Waals surface area contributed by atoms with Crippen LogP contribution in [0, 0.1) is 0 Å². The Morgan fingerprint density at radius 2 is 1.88 bits per heavy atom. The molecule has 0 atom stereocenters. The summed E-state index contributed by atoms with van der Waals surface area (Å²) in [5.74, 6) is 1.11. The Hall–Kier alpha value is -1.84. The average Bonchev–Trinajstić information content (AvgIpc) is 2.36. The van der Waals surface area contributed by atoms with E-state index in [4.69, 9.17) is 9.47 Å². The first-order chi connectivity index (χ1) is 7.86. The molecule has 1 aliphatic rings. The number of carbonyl (C=O) groups is 2. The van der Waals surface area contributed by atoms with Crippen LogP contribution in [0.5, 0.6) is 11.5 Å². The van der Waals surface area contributed by atoms with Gasteiger partial charge in [0, 0.05) is 6.42 Å². The molecule has 0 fully saturated rings. The second-order valence-corrected chi connectivity index (χ2v) is 3.49. The van der Waals surface area contributed by atoms with Crippen LogP contribution >= 0.6 is 0 Å². The van der Waals surface area contributed by atoms with Crippen molar-refractivity contribution in [2.24, 2.45) is 0 Å². The molecule has 1 aliphatic heterocycles. The highest BCUT2D eigenvalue weighted by molar-refractivity contribution is 5.82. The molecule has 0 aromatic heterocycles. The lowest BCUT2D eigenvalue weighted by Gasteiger charge is -2.22. The van der Waals surface area contributed by atoms with Crippen LogP contribution in [0.3, 0.4) is 0 Å². The maximum absolute atomic E-state index is 10.8. The molecule has 0 unspecified atom stereocenters. The molecule has 0 saturated heterocycles. The van der Waals surface area contributed by atoms with E-state index in [9.17, 15) is 9.59 Å². The summed E-state index contributed by atoms with van der Waals surface area (Å²) >= 11 is 0. The Kier molecular flexibility index (Phi) is 3.19. The highest BCUT2D eigenvalue weighted by Gasteiger charge is 2.19. The van der Waals surface area contributed by atoms with Crippen LogP contribution in [0.1, 0.15) is 22.3 Å². The summed E-state index contributed by atoms with van der Waals surface area (Å²) in [6.45, 7) is 0.925. The summed E-state index contributed by atoms with van der Waals surface area (Å²) in [5.41, 5.74) is 1.40. The maximum atomic E-state index is 10.8. The van der Waals surface area contributed by atoms with Gasteiger partial charge in [-0.2, -0.15) is 0 Å². The number of rotatable bonds is 4. The quantitative estimate of drug-likeness (QED) is 0.720. The Balaban J connectivity index is 2.39. The molecule has 1 aromatic rings. The summed E-state index contributed by atoms with van der Waals surface area (Å²) in [4.78, 5) is 21.2. The van der Waals surface area contributed by atoms with Crippen LogP contribution in [0.25, 0.3) is 0 Å². The number of carbonyl (C=O) groups excluding carboxylic acids is 2. The molecule has 0 radical (unpaired) electrons. The van der Waals surface area contributed by atoms with Crippen molar-refractivity contribution in [3.05, 3.63) is 23.3 Å². The van der Waals surface area contributed by atoms with E-state index in [0.29, 0.717) is 43.1 Å².